The molecule has 1 heterocycles. The average Bonchev–Trinajstić information content (AvgIpc) is 2.54. The van der Waals surface area contributed by atoms with Gasteiger partial charge in [-0.15, -0.1) is 0 Å². The van der Waals surface area contributed by atoms with Crippen LogP contribution in [0.3, 0.4) is 0 Å². The Hall–Kier alpha value is -0.570. The van der Waals surface area contributed by atoms with E-state index >= 15 is 0 Å². The molecule has 3 nitrogen and oxygen atoms in total. The molecule has 2 atom stereocenters. The molecular weight excluding hydrogens is 190 g/mol. The van der Waals surface area contributed by atoms with Gasteiger partial charge in [0.2, 0.25) is 0 Å². The normalized spacial score (nSPS) is 31.0. The molecule has 1 rings (SSSR count). The fraction of sp³-hybridized carbons (Fsp3) is 0.917. The van der Waals surface area contributed by atoms with Crippen LogP contribution in [0.5, 0.6) is 0 Å². The maximum Gasteiger partial charge on any atom is 0.312 e. The van der Waals surface area contributed by atoms with E-state index in [9.17, 15) is 4.79 Å². The van der Waals surface area contributed by atoms with Gasteiger partial charge in [0.1, 0.15) is 6.10 Å². The van der Waals surface area contributed by atoms with Crippen molar-refractivity contribution in [2.24, 2.45) is 11.3 Å². The van der Waals surface area contributed by atoms with Crippen molar-refractivity contribution in [1.82, 2.24) is 5.32 Å². The van der Waals surface area contributed by atoms with Crippen molar-refractivity contribution in [2.45, 2.75) is 46.1 Å². The van der Waals surface area contributed by atoms with Crippen LogP contribution in [-0.4, -0.2) is 25.7 Å². The van der Waals surface area contributed by atoms with Crippen LogP contribution in [-0.2, 0) is 9.53 Å². The minimum Gasteiger partial charge on any atom is -0.462 e. The lowest BCUT2D eigenvalue weighted by molar-refractivity contribution is -0.150. The molecule has 0 aromatic carbocycles. The SMILES string of the molecule is CCC1(CCNC)CC(C(C)C)OC1=O. The van der Waals surface area contributed by atoms with Gasteiger partial charge < -0.3 is 10.1 Å². The summed E-state index contributed by atoms with van der Waals surface area (Å²) in [5.41, 5.74) is -0.224. The van der Waals surface area contributed by atoms with Crippen LogP contribution in [0.4, 0.5) is 0 Å². The Kier molecular flexibility index (Phi) is 4.14. The largest absolute Gasteiger partial charge is 0.462 e. The summed E-state index contributed by atoms with van der Waals surface area (Å²) >= 11 is 0. The Bertz CT molecular complexity index is 228. The summed E-state index contributed by atoms with van der Waals surface area (Å²) in [4.78, 5) is 11.9. The van der Waals surface area contributed by atoms with Gasteiger partial charge in [-0.3, -0.25) is 4.79 Å². The molecule has 0 aromatic rings. The van der Waals surface area contributed by atoms with Crippen molar-refractivity contribution in [2.75, 3.05) is 13.6 Å². The van der Waals surface area contributed by atoms with Gasteiger partial charge in [-0.1, -0.05) is 20.8 Å². The van der Waals surface area contributed by atoms with Crippen LogP contribution in [0.15, 0.2) is 0 Å². The lowest BCUT2D eigenvalue weighted by Crippen LogP contribution is -2.29. The minimum absolute atomic E-state index is 0.0129. The highest BCUT2D eigenvalue weighted by Crippen LogP contribution is 2.42. The van der Waals surface area contributed by atoms with Crippen molar-refractivity contribution < 1.29 is 9.53 Å². The third-order valence-electron chi connectivity index (χ3n) is 3.56. The number of hydrogen-bond donors (Lipinski definition) is 1. The van der Waals surface area contributed by atoms with Crippen molar-refractivity contribution in [3.63, 3.8) is 0 Å². The lowest BCUT2D eigenvalue weighted by atomic mass is 9.77. The molecule has 0 amide bonds. The number of esters is 1. The number of carbonyl (C=O) groups excluding carboxylic acids is 1. The monoisotopic (exact) mass is 213 g/mol. The second kappa shape index (κ2) is 4.97. The van der Waals surface area contributed by atoms with E-state index in [1.807, 2.05) is 7.05 Å². The molecule has 1 N–H and O–H groups in total. The molecule has 1 saturated heterocycles. The summed E-state index contributed by atoms with van der Waals surface area (Å²) in [6, 6.07) is 0. The van der Waals surface area contributed by atoms with E-state index in [1.165, 1.54) is 0 Å². The number of rotatable bonds is 5. The maximum absolute atomic E-state index is 11.9. The van der Waals surface area contributed by atoms with E-state index in [2.05, 4.69) is 26.1 Å². The van der Waals surface area contributed by atoms with Gasteiger partial charge in [0.05, 0.1) is 5.41 Å². The maximum atomic E-state index is 11.9. The van der Waals surface area contributed by atoms with Gasteiger partial charge in [-0.25, -0.2) is 0 Å². The first-order valence-electron chi connectivity index (χ1n) is 5.91. The summed E-state index contributed by atoms with van der Waals surface area (Å²) in [6.45, 7) is 7.19. The quantitative estimate of drug-likeness (QED) is 0.709. The third kappa shape index (κ3) is 2.51. The summed E-state index contributed by atoms with van der Waals surface area (Å²) in [5.74, 6) is 0.441. The molecule has 1 aliphatic heterocycles. The predicted molar refractivity (Wildman–Crippen MR) is 60.6 cm³/mol. The van der Waals surface area contributed by atoms with Gasteiger partial charge >= 0.3 is 5.97 Å². The van der Waals surface area contributed by atoms with Gasteiger partial charge in [0.15, 0.2) is 0 Å². The number of nitrogens with one attached hydrogen (secondary N) is 1. The molecule has 15 heavy (non-hydrogen) atoms. The third-order valence-corrected chi connectivity index (χ3v) is 3.56. The zero-order chi connectivity index (χ0) is 11.5. The van der Waals surface area contributed by atoms with Gasteiger partial charge in [-0.2, -0.15) is 0 Å². The average molecular weight is 213 g/mol. The van der Waals surface area contributed by atoms with E-state index in [-0.39, 0.29) is 17.5 Å². The first kappa shape index (κ1) is 12.5. The summed E-state index contributed by atoms with van der Waals surface area (Å²) < 4.78 is 5.46. The van der Waals surface area contributed by atoms with Crippen LogP contribution in [0, 0.1) is 11.3 Å². The first-order chi connectivity index (χ1) is 7.05. The molecule has 3 heteroatoms. The van der Waals surface area contributed by atoms with Gasteiger partial charge in [0, 0.05) is 6.42 Å². The van der Waals surface area contributed by atoms with Crippen LogP contribution >= 0.6 is 0 Å². The Morgan fingerprint density at radius 3 is 2.67 bits per heavy atom. The van der Waals surface area contributed by atoms with E-state index < -0.39 is 0 Å². The smallest absolute Gasteiger partial charge is 0.312 e. The number of ether oxygens (including phenoxy) is 1. The van der Waals surface area contributed by atoms with Crippen molar-refractivity contribution in [3.05, 3.63) is 0 Å². The molecule has 0 saturated carbocycles. The summed E-state index contributed by atoms with van der Waals surface area (Å²) in [7, 11) is 1.92. The Labute approximate surface area is 92.6 Å². The van der Waals surface area contributed by atoms with Crippen molar-refractivity contribution in [3.8, 4) is 0 Å². The summed E-state index contributed by atoms with van der Waals surface area (Å²) in [5, 5.41) is 3.11. The van der Waals surface area contributed by atoms with E-state index in [4.69, 9.17) is 4.74 Å². The molecule has 0 radical (unpaired) electrons. The fourth-order valence-corrected chi connectivity index (χ4v) is 2.18. The molecule has 88 valence electrons. The highest BCUT2D eigenvalue weighted by molar-refractivity contribution is 5.79. The number of carbonyl (C=O) groups is 1. The van der Waals surface area contributed by atoms with E-state index in [0.29, 0.717) is 5.92 Å². The molecular formula is C12H23NO2. The van der Waals surface area contributed by atoms with Crippen molar-refractivity contribution >= 4 is 5.97 Å². The second-order valence-corrected chi connectivity index (χ2v) is 4.88. The Morgan fingerprint density at radius 1 is 1.60 bits per heavy atom. The van der Waals surface area contributed by atoms with Gasteiger partial charge in [0.25, 0.3) is 0 Å². The highest BCUT2D eigenvalue weighted by atomic mass is 16.6. The van der Waals surface area contributed by atoms with E-state index in [0.717, 1.165) is 25.8 Å². The lowest BCUT2D eigenvalue weighted by Gasteiger charge is -2.22. The Balaban J connectivity index is 2.69. The topological polar surface area (TPSA) is 38.3 Å². The standard InChI is InChI=1S/C12H23NO2/c1-5-12(6-7-13-4)8-10(9(2)3)15-11(12)14/h9-10,13H,5-8H2,1-4H3. The molecule has 0 spiro atoms. The predicted octanol–water partition coefficient (Wildman–Crippen LogP) is 1.96. The molecule has 1 aliphatic rings. The molecule has 2 unspecified atom stereocenters. The van der Waals surface area contributed by atoms with Crippen LogP contribution < -0.4 is 5.32 Å². The number of hydrogen-bond acceptors (Lipinski definition) is 3. The molecule has 0 aliphatic carbocycles. The van der Waals surface area contributed by atoms with Crippen LogP contribution in [0.1, 0.15) is 40.0 Å². The molecule has 1 fully saturated rings. The fourth-order valence-electron chi connectivity index (χ4n) is 2.18. The molecule has 0 aromatic heterocycles. The van der Waals surface area contributed by atoms with Crippen molar-refractivity contribution in [1.29, 1.82) is 0 Å². The summed E-state index contributed by atoms with van der Waals surface area (Å²) in [6.07, 6.45) is 2.79. The first-order valence-corrected chi connectivity index (χ1v) is 5.91. The zero-order valence-corrected chi connectivity index (χ0v) is 10.3. The highest BCUT2D eigenvalue weighted by Gasteiger charge is 2.47. The van der Waals surface area contributed by atoms with E-state index in [1.54, 1.807) is 0 Å². The minimum atomic E-state index is -0.224. The molecule has 0 bridgehead atoms. The van der Waals surface area contributed by atoms with Crippen LogP contribution in [0.2, 0.25) is 0 Å². The second-order valence-electron chi connectivity index (χ2n) is 4.88. The zero-order valence-electron chi connectivity index (χ0n) is 10.3. The number of cyclic esters (lactones) is 1. The van der Waals surface area contributed by atoms with Gasteiger partial charge in [-0.05, 0) is 32.4 Å². The van der Waals surface area contributed by atoms with Crippen LogP contribution in [0.25, 0.3) is 0 Å². The Morgan fingerprint density at radius 2 is 2.27 bits per heavy atom.